The molecule has 0 unspecified atom stereocenters. The summed E-state index contributed by atoms with van der Waals surface area (Å²) in [6.45, 7) is 2.84. The molecule has 1 aliphatic rings. The molecule has 0 bridgehead atoms. The third-order valence-electron chi connectivity index (χ3n) is 3.72. The van der Waals surface area contributed by atoms with Gasteiger partial charge in [0.15, 0.2) is 0 Å². The molecule has 0 saturated heterocycles. The first-order valence-electron chi connectivity index (χ1n) is 7.78. The second-order valence-corrected chi connectivity index (χ2v) is 6.51. The van der Waals surface area contributed by atoms with Crippen molar-refractivity contribution in [1.29, 1.82) is 0 Å². The third-order valence-corrected chi connectivity index (χ3v) is 4.91. The maximum absolute atomic E-state index is 12.6. The highest BCUT2D eigenvalue weighted by atomic mass is 32.2. The van der Waals surface area contributed by atoms with E-state index in [2.05, 4.69) is 15.3 Å². The average molecular weight is 342 g/mol. The number of amides is 2. The molecule has 2 aromatic heterocycles. The first-order valence-corrected chi connectivity index (χ1v) is 8.66. The Hall–Kier alpha value is -2.41. The van der Waals surface area contributed by atoms with Gasteiger partial charge >= 0.3 is 0 Å². The number of hydrogen-bond donors (Lipinski definition) is 1. The van der Waals surface area contributed by atoms with Crippen LogP contribution in [-0.2, 0) is 16.1 Å². The Morgan fingerprint density at radius 1 is 1.25 bits per heavy atom. The van der Waals surface area contributed by atoms with Crippen LogP contribution in [0.5, 0.6) is 0 Å². The number of anilines is 1. The number of carbonyl (C=O) groups is 2. The van der Waals surface area contributed by atoms with Gasteiger partial charge in [0.2, 0.25) is 11.8 Å². The summed E-state index contributed by atoms with van der Waals surface area (Å²) in [5, 5.41) is 3.16. The molecule has 1 aliphatic heterocycles. The minimum absolute atomic E-state index is 0.0454. The normalized spacial score (nSPS) is 16.6. The van der Waals surface area contributed by atoms with Crippen molar-refractivity contribution in [3.05, 3.63) is 48.4 Å². The Morgan fingerprint density at radius 3 is 2.83 bits per heavy atom. The van der Waals surface area contributed by atoms with E-state index in [1.54, 1.807) is 17.3 Å². The number of thioether (sulfide) groups is 1. The first kappa shape index (κ1) is 16.4. The van der Waals surface area contributed by atoms with Gasteiger partial charge in [-0.15, -0.1) is 0 Å². The molecule has 24 heavy (non-hydrogen) atoms. The number of carbonyl (C=O) groups excluding carboxylic acids is 2. The molecule has 2 aromatic rings. The van der Waals surface area contributed by atoms with Crippen molar-refractivity contribution in [2.24, 2.45) is 0 Å². The van der Waals surface area contributed by atoms with Crippen molar-refractivity contribution in [2.75, 3.05) is 11.4 Å². The van der Waals surface area contributed by atoms with Crippen molar-refractivity contribution < 1.29 is 9.59 Å². The van der Waals surface area contributed by atoms with E-state index in [-0.39, 0.29) is 18.2 Å². The lowest BCUT2D eigenvalue weighted by Crippen LogP contribution is -2.43. The minimum atomic E-state index is -0.448. The van der Waals surface area contributed by atoms with Crippen molar-refractivity contribution in [2.45, 2.75) is 30.2 Å². The first-order chi connectivity index (χ1) is 11.7. The van der Waals surface area contributed by atoms with Crippen molar-refractivity contribution >= 4 is 29.3 Å². The number of rotatable bonds is 5. The topological polar surface area (TPSA) is 75.2 Å². The van der Waals surface area contributed by atoms with Gasteiger partial charge in [0.05, 0.1) is 23.2 Å². The minimum Gasteiger partial charge on any atom is -0.350 e. The lowest BCUT2D eigenvalue weighted by molar-refractivity contribution is -0.125. The van der Waals surface area contributed by atoms with Crippen LogP contribution in [0, 0.1) is 0 Å². The zero-order valence-electron chi connectivity index (χ0n) is 13.3. The van der Waals surface area contributed by atoms with E-state index in [9.17, 15) is 9.59 Å². The summed E-state index contributed by atoms with van der Waals surface area (Å²) in [5.41, 5.74) is 1.61. The zero-order valence-corrected chi connectivity index (χ0v) is 14.1. The number of hydrogen-bond acceptors (Lipinski definition) is 5. The molecule has 0 radical (unpaired) electrons. The summed E-state index contributed by atoms with van der Waals surface area (Å²) < 4.78 is 0. The quantitative estimate of drug-likeness (QED) is 0.900. The van der Waals surface area contributed by atoms with Crippen molar-refractivity contribution in [3.8, 4) is 0 Å². The molecule has 124 valence electrons. The molecule has 2 amide bonds. The standard InChI is InChI=1S/C17H18N4O2S/c1-2-21-13-7-5-9-19-16(13)24-14(17(21)23)10-15(22)20-11-12-6-3-4-8-18-12/h3-9,14H,2,10-11H2,1H3,(H,20,22)/t14-/m1/s1. The Labute approximate surface area is 144 Å². The third kappa shape index (κ3) is 3.56. The lowest BCUT2D eigenvalue weighted by Gasteiger charge is -2.31. The molecule has 1 N–H and O–H groups in total. The second-order valence-electron chi connectivity index (χ2n) is 5.32. The lowest BCUT2D eigenvalue weighted by atomic mass is 10.2. The van der Waals surface area contributed by atoms with Crippen LogP contribution in [0.4, 0.5) is 5.69 Å². The number of fused-ring (bicyclic) bond motifs is 1. The maximum atomic E-state index is 12.6. The molecule has 0 fully saturated rings. The molecule has 1 atom stereocenters. The predicted octanol–water partition coefficient (Wildman–Crippen LogP) is 2.01. The molecule has 7 heteroatoms. The van der Waals surface area contributed by atoms with Gasteiger partial charge in [0.25, 0.3) is 0 Å². The maximum Gasteiger partial charge on any atom is 0.241 e. The van der Waals surface area contributed by atoms with Crippen LogP contribution in [0.15, 0.2) is 47.8 Å². The van der Waals surface area contributed by atoms with Crippen LogP contribution in [0.3, 0.4) is 0 Å². The van der Waals surface area contributed by atoms with E-state index in [0.29, 0.717) is 13.1 Å². The van der Waals surface area contributed by atoms with Gasteiger partial charge in [-0.25, -0.2) is 4.98 Å². The predicted molar refractivity (Wildman–Crippen MR) is 92.6 cm³/mol. The molecule has 0 aromatic carbocycles. The summed E-state index contributed by atoms with van der Waals surface area (Å²) in [6.07, 6.45) is 3.51. The smallest absolute Gasteiger partial charge is 0.241 e. The van der Waals surface area contributed by atoms with Gasteiger partial charge in [-0.2, -0.15) is 0 Å². The number of pyridine rings is 2. The van der Waals surface area contributed by atoms with E-state index >= 15 is 0 Å². The highest BCUT2D eigenvalue weighted by molar-refractivity contribution is 8.00. The molecule has 0 aliphatic carbocycles. The summed E-state index contributed by atoms with van der Waals surface area (Å²) in [6, 6.07) is 9.24. The Bertz CT molecular complexity index is 738. The summed E-state index contributed by atoms with van der Waals surface area (Å²) in [5.74, 6) is -0.210. The van der Waals surface area contributed by atoms with Crippen LogP contribution in [0.2, 0.25) is 0 Å². The monoisotopic (exact) mass is 342 g/mol. The molecule has 0 spiro atoms. The molecule has 3 heterocycles. The van der Waals surface area contributed by atoms with Crippen molar-refractivity contribution in [3.63, 3.8) is 0 Å². The number of nitrogens with one attached hydrogen (secondary N) is 1. The largest absolute Gasteiger partial charge is 0.350 e. The molecule has 0 saturated carbocycles. The highest BCUT2D eigenvalue weighted by Gasteiger charge is 2.34. The van der Waals surface area contributed by atoms with Gasteiger partial charge < -0.3 is 10.2 Å². The van der Waals surface area contributed by atoms with E-state index < -0.39 is 5.25 Å². The summed E-state index contributed by atoms with van der Waals surface area (Å²) in [4.78, 5) is 35.0. The molecule has 3 rings (SSSR count). The van der Waals surface area contributed by atoms with Gasteiger partial charge in [0, 0.05) is 25.4 Å². The van der Waals surface area contributed by atoms with Crippen LogP contribution < -0.4 is 10.2 Å². The van der Waals surface area contributed by atoms with Crippen LogP contribution in [0.1, 0.15) is 19.0 Å². The molecule has 6 nitrogen and oxygen atoms in total. The Balaban J connectivity index is 1.65. The molecular formula is C17H18N4O2S. The Morgan fingerprint density at radius 2 is 2.08 bits per heavy atom. The van der Waals surface area contributed by atoms with Crippen LogP contribution in [-0.4, -0.2) is 33.6 Å². The van der Waals surface area contributed by atoms with Crippen LogP contribution >= 0.6 is 11.8 Å². The SMILES string of the molecule is CCN1C(=O)[C@@H](CC(=O)NCc2ccccn2)Sc2ncccc21. The van der Waals surface area contributed by atoms with Crippen LogP contribution in [0.25, 0.3) is 0 Å². The van der Waals surface area contributed by atoms with E-state index in [0.717, 1.165) is 16.4 Å². The van der Waals surface area contributed by atoms with Crippen molar-refractivity contribution in [1.82, 2.24) is 15.3 Å². The van der Waals surface area contributed by atoms with E-state index in [4.69, 9.17) is 0 Å². The highest BCUT2D eigenvalue weighted by Crippen LogP contribution is 2.38. The average Bonchev–Trinajstić information content (AvgIpc) is 2.62. The van der Waals surface area contributed by atoms with E-state index in [1.807, 2.05) is 37.3 Å². The second kappa shape index (κ2) is 7.44. The van der Waals surface area contributed by atoms with Gasteiger partial charge in [-0.1, -0.05) is 17.8 Å². The summed E-state index contributed by atoms with van der Waals surface area (Å²) >= 11 is 1.36. The zero-order chi connectivity index (χ0) is 16.9. The fraction of sp³-hybridized carbons (Fsp3) is 0.294. The fourth-order valence-corrected chi connectivity index (χ4v) is 3.70. The number of aromatic nitrogens is 2. The summed E-state index contributed by atoms with van der Waals surface area (Å²) in [7, 11) is 0. The van der Waals surface area contributed by atoms with Gasteiger partial charge in [-0.05, 0) is 31.2 Å². The fourth-order valence-electron chi connectivity index (χ4n) is 2.54. The van der Waals surface area contributed by atoms with Gasteiger partial charge in [-0.3, -0.25) is 14.6 Å². The van der Waals surface area contributed by atoms with Gasteiger partial charge in [0.1, 0.15) is 5.03 Å². The van der Waals surface area contributed by atoms with E-state index in [1.165, 1.54) is 11.8 Å². The molecular weight excluding hydrogens is 324 g/mol. The number of nitrogens with zero attached hydrogens (tertiary/aromatic N) is 3. The Kier molecular flexibility index (Phi) is 5.10.